The lowest BCUT2D eigenvalue weighted by Gasteiger charge is -2.16. The van der Waals surface area contributed by atoms with Crippen LogP contribution in [-0.4, -0.2) is 29.4 Å². The van der Waals surface area contributed by atoms with Gasteiger partial charge in [0.25, 0.3) is 5.91 Å². The monoisotopic (exact) mass is 401 g/mol. The van der Waals surface area contributed by atoms with Crippen molar-refractivity contribution in [1.82, 2.24) is 15.6 Å². The molecular weight excluding hydrogens is 382 g/mol. The summed E-state index contributed by atoms with van der Waals surface area (Å²) in [6.45, 7) is 4.14. The summed E-state index contributed by atoms with van der Waals surface area (Å²) in [7, 11) is 0. The maximum atomic E-state index is 12.3. The molecule has 5 nitrogen and oxygen atoms in total. The summed E-state index contributed by atoms with van der Waals surface area (Å²) in [6.07, 6.45) is 0. The first kappa shape index (κ1) is 19.3. The molecule has 0 spiro atoms. The van der Waals surface area contributed by atoms with Crippen LogP contribution >= 0.6 is 22.9 Å². The molecule has 140 valence electrons. The molecule has 3 aromatic rings. The van der Waals surface area contributed by atoms with E-state index in [1.54, 1.807) is 42.5 Å². The first-order valence-electron chi connectivity index (χ1n) is 8.63. The third-order valence-electron chi connectivity index (χ3n) is 4.16. The van der Waals surface area contributed by atoms with E-state index < -0.39 is 6.04 Å². The number of hydrogen-bond donors (Lipinski definition) is 2. The molecule has 0 aliphatic rings. The summed E-state index contributed by atoms with van der Waals surface area (Å²) < 4.78 is 1.13. The molecule has 2 N–H and O–H groups in total. The van der Waals surface area contributed by atoms with Crippen molar-refractivity contribution < 1.29 is 9.59 Å². The molecule has 0 radical (unpaired) electrons. The zero-order valence-electron chi connectivity index (χ0n) is 15.0. The Bertz CT molecular complexity index is 922. The zero-order chi connectivity index (χ0) is 19.4. The molecule has 2 amide bonds. The average molecular weight is 402 g/mol. The minimum Gasteiger partial charge on any atom is -0.354 e. The van der Waals surface area contributed by atoms with Crippen molar-refractivity contribution in [2.45, 2.75) is 25.8 Å². The topological polar surface area (TPSA) is 71.1 Å². The summed E-state index contributed by atoms with van der Waals surface area (Å²) in [5.74, 6) is -0.454. The van der Waals surface area contributed by atoms with Crippen molar-refractivity contribution in [2.24, 2.45) is 0 Å². The highest BCUT2D eigenvalue weighted by Crippen LogP contribution is 2.26. The van der Waals surface area contributed by atoms with Gasteiger partial charge in [0.1, 0.15) is 6.04 Å². The highest BCUT2D eigenvalue weighted by Gasteiger charge is 2.18. The van der Waals surface area contributed by atoms with Gasteiger partial charge in [-0.2, -0.15) is 0 Å². The molecule has 0 saturated carbocycles. The van der Waals surface area contributed by atoms with Crippen molar-refractivity contribution >= 4 is 45.0 Å². The number of para-hydroxylation sites is 1. The van der Waals surface area contributed by atoms with Gasteiger partial charge in [-0.05, 0) is 43.3 Å². The third-order valence-corrected chi connectivity index (χ3v) is 5.68. The molecule has 2 unspecified atom stereocenters. The van der Waals surface area contributed by atoms with E-state index in [1.807, 2.05) is 31.2 Å². The molecule has 0 bridgehead atoms. The van der Waals surface area contributed by atoms with Crippen LogP contribution in [0.15, 0.2) is 48.5 Å². The quantitative estimate of drug-likeness (QED) is 0.656. The van der Waals surface area contributed by atoms with Crippen LogP contribution in [0.5, 0.6) is 0 Å². The van der Waals surface area contributed by atoms with E-state index in [0.717, 1.165) is 15.2 Å². The minimum absolute atomic E-state index is 0.0884. The fourth-order valence-electron chi connectivity index (χ4n) is 2.54. The van der Waals surface area contributed by atoms with Crippen LogP contribution in [0.3, 0.4) is 0 Å². The number of carbonyl (C=O) groups is 2. The Balaban J connectivity index is 1.53. The highest BCUT2D eigenvalue weighted by atomic mass is 35.5. The Kier molecular flexibility index (Phi) is 6.08. The van der Waals surface area contributed by atoms with Crippen molar-refractivity contribution in [3.8, 4) is 0 Å². The van der Waals surface area contributed by atoms with Gasteiger partial charge in [-0.15, -0.1) is 11.3 Å². The largest absolute Gasteiger partial charge is 0.354 e. The van der Waals surface area contributed by atoms with E-state index in [9.17, 15) is 9.59 Å². The number of hydrogen-bond acceptors (Lipinski definition) is 4. The lowest BCUT2D eigenvalue weighted by Crippen LogP contribution is -2.45. The van der Waals surface area contributed by atoms with Crippen LogP contribution in [0.2, 0.25) is 5.02 Å². The summed E-state index contributed by atoms with van der Waals surface area (Å²) in [4.78, 5) is 29.1. The highest BCUT2D eigenvalue weighted by molar-refractivity contribution is 7.18. The summed E-state index contributed by atoms with van der Waals surface area (Å²) in [6, 6.07) is 13.9. The molecule has 0 aliphatic heterocycles. The van der Waals surface area contributed by atoms with Crippen molar-refractivity contribution in [2.75, 3.05) is 6.54 Å². The van der Waals surface area contributed by atoms with Gasteiger partial charge in [-0.25, -0.2) is 4.98 Å². The lowest BCUT2D eigenvalue weighted by molar-refractivity contribution is -0.122. The number of benzene rings is 2. The molecule has 1 heterocycles. The number of nitrogens with one attached hydrogen (secondary N) is 2. The van der Waals surface area contributed by atoms with Gasteiger partial charge in [0, 0.05) is 23.0 Å². The van der Waals surface area contributed by atoms with E-state index in [-0.39, 0.29) is 17.7 Å². The standard InChI is InChI=1S/C20H20ClN3O2S/c1-12(20-24-16-5-3-4-6-17(16)27-20)11-22-18(25)13(2)23-19(26)14-7-9-15(21)10-8-14/h3-10,12-13H,11H2,1-2H3,(H,22,25)(H,23,26). The van der Waals surface area contributed by atoms with Crippen molar-refractivity contribution in [3.63, 3.8) is 0 Å². The van der Waals surface area contributed by atoms with Crippen LogP contribution < -0.4 is 10.6 Å². The second-order valence-corrected chi connectivity index (χ2v) is 7.87. The maximum Gasteiger partial charge on any atom is 0.251 e. The molecule has 27 heavy (non-hydrogen) atoms. The number of nitrogens with zero attached hydrogens (tertiary/aromatic N) is 1. The molecular formula is C20H20ClN3O2S. The van der Waals surface area contributed by atoms with E-state index in [2.05, 4.69) is 15.6 Å². The number of aromatic nitrogens is 1. The van der Waals surface area contributed by atoms with Crippen LogP contribution in [0.4, 0.5) is 0 Å². The van der Waals surface area contributed by atoms with Crippen LogP contribution in [0.25, 0.3) is 10.2 Å². The van der Waals surface area contributed by atoms with Crippen LogP contribution in [0, 0.1) is 0 Å². The zero-order valence-corrected chi connectivity index (χ0v) is 16.6. The summed E-state index contributed by atoms with van der Waals surface area (Å²) in [5, 5.41) is 7.11. The Morgan fingerprint density at radius 2 is 1.81 bits per heavy atom. The molecule has 2 atom stereocenters. The van der Waals surface area contributed by atoms with Gasteiger partial charge in [-0.1, -0.05) is 30.7 Å². The van der Waals surface area contributed by atoms with Gasteiger partial charge >= 0.3 is 0 Å². The van der Waals surface area contributed by atoms with Gasteiger partial charge in [0.15, 0.2) is 0 Å². The molecule has 0 fully saturated rings. The summed E-state index contributed by atoms with van der Waals surface area (Å²) >= 11 is 7.45. The van der Waals surface area contributed by atoms with Gasteiger partial charge < -0.3 is 10.6 Å². The Labute approximate surface area is 166 Å². The first-order chi connectivity index (χ1) is 12.9. The number of carbonyl (C=O) groups excluding carboxylic acids is 2. The second kappa shape index (κ2) is 8.50. The van der Waals surface area contributed by atoms with Gasteiger partial charge in [0.2, 0.25) is 5.91 Å². The number of rotatable bonds is 6. The van der Waals surface area contributed by atoms with E-state index >= 15 is 0 Å². The fraction of sp³-hybridized carbons (Fsp3) is 0.250. The summed E-state index contributed by atoms with van der Waals surface area (Å²) in [5.41, 5.74) is 1.43. The normalized spacial score (nSPS) is 13.1. The molecule has 2 aromatic carbocycles. The number of amides is 2. The van der Waals surface area contributed by atoms with Crippen LogP contribution in [0.1, 0.15) is 35.1 Å². The number of halogens is 1. The Morgan fingerprint density at radius 3 is 2.52 bits per heavy atom. The van der Waals surface area contributed by atoms with E-state index in [0.29, 0.717) is 17.1 Å². The van der Waals surface area contributed by atoms with Crippen LogP contribution in [-0.2, 0) is 4.79 Å². The van der Waals surface area contributed by atoms with E-state index in [1.165, 1.54) is 0 Å². The minimum atomic E-state index is -0.643. The Hall–Kier alpha value is -2.44. The molecule has 3 rings (SSSR count). The van der Waals surface area contributed by atoms with Gasteiger partial charge in [-0.3, -0.25) is 9.59 Å². The maximum absolute atomic E-state index is 12.3. The number of fused-ring (bicyclic) bond motifs is 1. The number of thiazole rings is 1. The lowest BCUT2D eigenvalue weighted by atomic mass is 10.1. The van der Waals surface area contributed by atoms with Crippen molar-refractivity contribution in [3.05, 3.63) is 64.1 Å². The predicted molar refractivity (Wildman–Crippen MR) is 109 cm³/mol. The molecule has 0 saturated heterocycles. The SMILES string of the molecule is CC(NC(=O)c1ccc(Cl)cc1)C(=O)NCC(C)c1nc2ccccc2s1. The molecule has 7 heteroatoms. The first-order valence-corrected chi connectivity index (χ1v) is 9.83. The fourth-order valence-corrected chi connectivity index (χ4v) is 3.69. The average Bonchev–Trinajstić information content (AvgIpc) is 3.10. The molecule has 0 aliphatic carbocycles. The third kappa shape index (κ3) is 4.84. The smallest absolute Gasteiger partial charge is 0.251 e. The van der Waals surface area contributed by atoms with Gasteiger partial charge in [0.05, 0.1) is 15.2 Å². The predicted octanol–water partition coefficient (Wildman–Crippen LogP) is 3.99. The second-order valence-electron chi connectivity index (χ2n) is 6.37. The van der Waals surface area contributed by atoms with Crippen molar-refractivity contribution in [1.29, 1.82) is 0 Å². The Morgan fingerprint density at radius 1 is 1.11 bits per heavy atom. The van der Waals surface area contributed by atoms with E-state index in [4.69, 9.17) is 11.6 Å². The molecule has 1 aromatic heterocycles.